The first-order valence-corrected chi connectivity index (χ1v) is 9.77. The summed E-state index contributed by atoms with van der Waals surface area (Å²) in [5, 5.41) is 2.47. The molecule has 2 heterocycles. The van der Waals surface area contributed by atoms with E-state index in [0.29, 0.717) is 13.1 Å². The maximum absolute atomic E-state index is 13.1. The lowest BCUT2D eigenvalue weighted by molar-refractivity contribution is -0.132. The normalized spacial score (nSPS) is 19.1. The third-order valence-corrected chi connectivity index (χ3v) is 6.12. The lowest BCUT2D eigenvalue weighted by Gasteiger charge is -2.29. The summed E-state index contributed by atoms with van der Waals surface area (Å²) in [6.07, 6.45) is 2.92. The molecule has 2 aliphatic rings. The van der Waals surface area contributed by atoms with Gasteiger partial charge in [-0.25, -0.2) is 4.39 Å². The fraction of sp³-hybridized carbons (Fsp3) is 0.238. The summed E-state index contributed by atoms with van der Waals surface area (Å²) in [4.78, 5) is 27.7. The Balaban J connectivity index is 1.38. The van der Waals surface area contributed by atoms with E-state index in [-0.39, 0.29) is 24.1 Å². The largest absolute Gasteiger partial charge is 0.339 e. The van der Waals surface area contributed by atoms with Gasteiger partial charge in [-0.3, -0.25) is 9.59 Å². The van der Waals surface area contributed by atoms with Crippen LogP contribution in [-0.4, -0.2) is 35.1 Å². The van der Waals surface area contributed by atoms with Gasteiger partial charge in [0.15, 0.2) is 0 Å². The zero-order chi connectivity index (χ0) is 18.8. The number of benzene rings is 2. The number of para-hydroxylation sites is 1. The van der Waals surface area contributed by atoms with Crippen LogP contribution in [0.3, 0.4) is 0 Å². The average molecular weight is 382 g/mol. The van der Waals surface area contributed by atoms with Crippen LogP contribution in [0.2, 0.25) is 0 Å². The Bertz CT molecular complexity index is 911. The van der Waals surface area contributed by atoms with E-state index in [0.717, 1.165) is 28.1 Å². The van der Waals surface area contributed by atoms with Gasteiger partial charge in [-0.1, -0.05) is 30.3 Å². The number of fused-ring (bicyclic) bond motifs is 1. The van der Waals surface area contributed by atoms with E-state index >= 15 is 0 Å². The summed E-state index contributed by atoms with van der Waals surface area (Å²) in [6.45, 7) is 1.12. The van der Waals surface area contributed by atoms with Crippen LogP contribution in [-0.2, 0) is 9.59 Å². The quantitative estimate of drug-likeness (QED) is 0.875. The van der Waals surface area contributed by atoms with Crippen LogP contribution in [0.5, 0.6) is 0 Å². The minimum Gasteiger partial charge on any atom is -0.339 e. The van der Waals surface area contributed by atoms with Gasteiger partial charge in [0.1, 0.15) is 5.82 Å². The smallest absolute Gasteiger partial charge is 0.238 e. The molecule has 1 atom stereocenters. The van der Waals surface area contributed by atoms with Crippen molar-refractivity contribution in [3.8, 4) is 0 Å². The predicted molar refractivity (Wildman–Crippen MR) is 105 cm³/mol. The number of hydrogen-bond donors (Lipinski definition) is 1. The summed E-state index contributed by atoms with van der Waals surface area (Å²) < 4.78 is 13.1. The molecule has 138 valence electrons. The van der Waals surface area contributed by atoms with Gasteiger partial charge in [0.2, 0.25) is 11.8 Å². The minimum atomic E-state index is -0.408. The lowest BCUT2D eigenvalue weighted by atomic mass is 9.99. The van der Waals surface area contributed by atoms with Crippen LogP contribution in [0.1, 0.15) is 18.4 Å². The first kappa shape index (κ1) is 17.8. The highest BCUT2D eigenvalue weighted by atomic mass is 32.2. The van der Waals surface area contributed by atoms with E-state index < -0.39 is 5.25 Å². The number of halogens is 1. The molecule has 27 heavy (non-hydrogen) atoms. The van der Waals surface area contributed by atoms with Crippen molar-refractivity contribution < 1.29 is 14.0 Å². The first-order valence-electron chi connectivity index (χ1n) is 8.89. The molecule has 4 nitrogen and oxygen atoms in total. The molecule has 0 fully saturated rings. The highest BCUT2D eigenvalue weighted by Crippen LogP contribution is 2.37. The van der Waals surface area contributed by atoms with Gasteiger partial charge in [0.05, 0.1) is 10.9 Å². The molecule has 6 heteroatoms. The molecule has 2 aromatic rings. The molecule has 0 bridgehead atoms. The number of carbonyl (C=O) groups is 2. The SMILES string of the molecule is O=C1Nc2ccccc2S[C@H]1CC(=O)N1CC=C(c2ccc(F)cc2)CC1. The monoisotopic (exact) mass is 382 g/mol. The molecular weight excluding hydrogens is 363 g/mol. The maximum Gasteiger partial charge on any atom is 0.238 e. The van der Waals surface area contributed by atoms with Gasteiger partial charge >= 0.3 is 0 Å². The van der Waals surface area contributed by atoms with Crippen LogP contribution < -0.4 is 5.32 Å². The summed E-state index contributed by atoms with van der Waals surface area (Å²) in [5.41, 5.74) is 2.92. The van der Waals surface area contributed by atoms with Gasteiger partial charge < -0.3 is 10.2 Å². The summed E-state index contributed by atoms with van der Waals surface area (Å²) >= 11 is 1.45. The minimum absolute atomic E-state index is 0.0172. The van der Waals surface area contributed by atoms with E-state index in [9.17, 15) is 14.0 Å². The highest BCUT2D eigenvalue weighted by Gasteiger charge is 2.30. The molecule has 1 N–H and O–H groups in total. The van der Waals surface area contributed by atoms with Crippen molar-refractivity contribution in [3.05, 3.63) is 66.0 Å². The Hall–Kier alpha value is -2.60. The third kappa shape index (κ3) is 3.90. The van der Waals surface area contributed by atoms with Crippen LogP contribution >= 0.6 is 11.8 Å². The number of nitrogens with one attached hydrogen (secondary N) is 1. The standard InChI is InChI=1S/C21H19FN2O2S/c22-16-7-5-14(6-8-16)15-9-11-24(12-10-15)20(25)13-19-21(26)23-17-3-1-2-4-18(17)27-19/h1-9,19H,10-13H2,(H,23,26)/t19-/m0/s1. The number of amides is 2. The van der Waals surface area contributed by atoms with E-state index in [4.69, 9.17) is 0 Å². The van der Waals surface area contributed by atoms with E-state index in [1.807, 2.05) is 30.3 Å². The zero-order valence-corrected chi connectivity index (χ0v) is 15.5. The second-order valence-corrected chi connectivity index (χ2v) is 7.87. The molecule has 0 saturated carbocycles. The van der Waals surface area contributed by atoms with Crippen molar-refractivity contribution in [3.63, 3.8) is 0 Å². The van der Waals surface area contributed by atoms with Crippen molar-refractivity contribution in [2.75, 3.05) is 18.4 Å². The molecule has 0 spiro atoms. The van der Waals surface area contributed by atoms with Gasteiger partial charge in [-0.15, -0.1) is 11.8 Å². The number of thioether (sulfide) groups is 1. The Morgan fingerprint density at radius 2 is 1.96 bits per heavy atom. The summed E-state index contributed by atoms with van der Waals surface area (Å²) in [5.74, 6) is -0.389. The van der Waals surface area contributed by atoms with Crippen molar-refractivity contribution in [1.29, 1.82) is 0 Å². The van der Waals surface area contributed by atoms with E-state index in [1.54, 1.807) is 17.0 Å². The number of nitrogens with zero attached hydrogens (tertiary/aromatic N) is 1. The lowest BCUT2D eigenvalue weighted by Crippen LogP contribution is -2.39. The molecule has 4 rings (SSSR count). The topological polar surface area (TPSA) is 49.4 Å². The maximum atomic E-state index is 13.1. The van der Waals surface area contributed by atoms with Crippen LogP contribution in [0.15, 0.2) is 59.5 Å². The van der Waals surface area contributed by atoms with Gasteiger partial charge in [-0.2, -0.15) is 0 Å². The molecule has 2 aromatic carbocycles. The van der Waals surface area contributed by atoms with Crippen molar-refractivity contribution in [2.24, 2.45) is 0 Å². The summed E-state index contributed by atoms with van der Waals surface area (Å²) in [7, 11) is 0. The average Bonchev–Trinajstić information content (AvgIpc) is 2.69. The zero-order valence-electron chi connectivity index (χ0n) is 14.7. The Labute approximate surface area is 161 Å². The van der Waals surface area contributed by atoms with Crippen molar-refractivity contribution >= 4 is 34.8 Å². The van der Waals surface area contributed by atoms with E-state index in [1.165, 1.54) is 23.9 Å². The molecule has 0 unspecified atom stereocenters. The number of rotatable bonds is 3. The number of anilines is 1. The molecule has 0 aromatic heterocycles. The number of hydrogen-bond acceptors (Lipinski definition) is 3. The molecule has 2 aliphatic heterocycles. The van der Waals surface area contributed by atoms with Crippen LogP contribution in [0.4, 0.5) is 10.1 Å². The molecule has 2 amide bonds. The highest BCUT2D eigenvalue weighted by molar-refractivity contribution is 8.01. The molecule has 0 aliphatic carbocycles. The van der Waals surface area contributed by atoms with Gasteiger partial charge in [0, 0.05) is 24.4 Å². The Kier molecular flexibility index (Phi) is 4.99. The van der Waals surface area contributed by atoms with Crippen LogP contribution in [0.25, 0.3) is 5.57 Å². The molecule has 0 saturated heterocycles. The van der Waals surface area contributed by atoms with Crippen LogP contribution in [0, 0.1) is 5.82 Å². The molecule has 0 radical (unpaired) electrons. The molecular formula is C21H19FN2O2S. The first-order chi connectivity index (χ1) is 13.1. The Morgan fingerprint density at radius 3 is 2.70 bits per heavy atom. The summed E-state index contributed by atoms with van der Waals surface area (Å²) in [6, 6.07) is 14.0. The van der Waals surface area contributed by atoms with Gasteiger partial charge in [-0.05, 0) is 41.8 Å². The Morgan fingerprint density at radius 1 is 1.19 bits per heavy atom. The fourth-order valence-corrected chi connectivity index (χ4v) is 4.44. The second-order valence-electron chi connectivity index (χ2n) is 6.62. The fourth-order valence-electron chi connectivity index (χ4n) is 3.34. The van der Waals surface area contributed by atoms with Crippen molar-refractivity contribution in [2.45, 2.75) is 23.0 Å². The predicted octanol–water partition coefficient (Wildman–Crippen LogP) is 3.94. The third-order valence-electron chi connectivity index (χ3n) is 4.84. The second kappa shape index (κ2) is 7.56. The van der Waals surface area contributed by atoms with Gasteiger partial charge in [0.25, 0.3) is 0 Å². The van der Waals surface area contributed by atoms with Crippen molar-refractivity contribution in [1.82, 2.24) is 4.90 Å². The van der Waals surface area contributed by atoms with E-state index in [2.05, 4.69) is 5.32 Å². The number of carbonyl (C=O) groups excluding carboxylic acids is 2.